The van der Waals surface area contributed by atoms with Crippen molar-refractivity contribution < 1.29 is 8.42 Å². The maximum atomic E-state index is 12.2. The first-order valence-electron chi connectivity index (χ1n) is 6.37. The number of hydrogen-bond acceptors (Lipinski definition) is 5. The molecule has 0 bridgehead atoms. The molecule has 0 saturated carbocycles. The summed E-state index contributed by atoms with van der Waals surface area (Å²) in [6.45, 7) is 4.38. The highest BCUT2D eigenvalue weighted by atomic mass is 32.2. The molecular formula is C13H19N3O2S2. The van der Waals surface area contributed by atoms with Crippen LogP contribution in [0.15, 0.2) is 23.1 Å². The molecule has 0 spiro atoms. The van der Waals surface area contributed by atoms with Gasteiger partial charge in [-0.2, -0.15) is 0 Å². The van der Waals surface area contributed by atoms with Gasteiger partial charge in [0.25, 0.3) is 0 Å². The van der Waals surface area contributed by atoms with Crippen molar-refractivity contribution in [2.45, 2.75) is 18.7 Å². The first-order valence-corrected chi connectivity index (χ1v) is 8.67. The maximum absolute atomic E-state index is 12.2. The van der Waals surface area contributed by atoms with E-state index in [1.807, 2.05) is 32.8 Å². The van der Waals surface area contributed by atoms with E-state index in [4.69, 9.17) is 0 Å². The molecule has 5 nitrogen and oxygen atoms in total. The first kappa shape index (κ1) is 15.2. The molecule has 0 saturated heterocycles. The third-order valence-corrected chi connectivity index (χ3v) is 5.33. The van der Waals surface area contributed by atoms with Crippen LogP contribution in [0.25, 0.3) is 10.2 Å². The fourth-order valence-corrected chi connectivity index (χ4v) is 3.85. The summed E-state index contributed by atoms with van der Waals surface area (Å²) in [4.78, 5) is 6.64. The molecule has 20 heavy (non-hydrogen) atoms. The Morgan fingerprint density at radius 3 is 2.65 bits per heavy atom. The molecule has 0 aliphatic heterocycles. The Kier molecular flexibility index (Phi) is 4.31. The van der Waals surface area contributed by atoms with Gasteiger partial charge < -0.3 is 4.90 Å². The third-order valence-electron chi connectivity index (χ3n) is 2.72. The number of aromatic nitrogens is 1. The van der Waals surface area contributed by atoms with Crippen LogP contribution in [-0.2, 0) is 10.0 Å². The summed E-state index contributed by atoms with van der Waals surface area (Å²) in [6, 6.07) is 5.04. The van der Waals surface area contributed by atoms with Crippen LogP contribution < -0.4 is 9.62 Å². The van der Waals surface area contributed by atoms with E-state index in [-0.39, 0.29) is 5.92 Å². The molecule has 1 heterocycles. The van der Waals surface area contributed by atoms with Gasteiger partial charge in [0.15, 0.2) is 5.13 Å². The molecule has 0 fully saturated rings. The summed E-state index contributed by atoms with van der Waals surface area (Å²) >= 11 is 1.48. The normalized spacial score (nSPS) is 12.2. The van der Waals surface area contributed by atoms with Crippen molar-refractivity contribution in [2.75, 3.05) is 25.5 Å². The van der Waals surface area contributed by atoms with Crippen LogP contribution in [0.3, 0.4) is 0 Å². The largest absolute Gasteiger partial charge is 0.354 e. The highest BCUT2D eigenvalue weighted by molar-refractivity contribution is 7.89. The summed E-state index contributed by atoms with van der Waals surface area (Å²) in [7, 11) is 0.390. The van der Waals surface area contributed by atoms with E-state index in [9.17, 15) is 8.42 Å². The number of fused-ring (bicyclic) bond motifs is 1. The topological polar surface area (TPSA) is 62.3 Å². The van der Waals surface area contributed by atoms with Crippen LogP contribution in [0.4, 0.5) is 5.13 Å². The molecule has 0 aliphatic carbocycles. The summed E-state index contributed by atoms with van der Waals surface area (Å²) < 4.78 is 27.9. The fraction of sp³-hybridized carbons (Fsp3) is 0.462. The Balaban J connectivity index is 2.35. The molecule has 0 amide bonds. The van der Waals surface area contributed by atoms with Gasteiger partial charge in [0.05, 0.1) is 15.1 Å². The number of benzene rings is 1. The number of thiazole rings is 1. The number of anilines is 1. The lowest BCUT2D eigenvalue weighted by molar-refractivity contribution is 0.560. The third kappa shape index (κ3) is 3.28. The Morgan fingerprint density at radius 1 is 1.35 bits per heavy atom. The van der Waals surface area contributed by atoms with Crippen molar-refractivity contribution in [3.05, 3.63) is 18.2 Å². The zero-order valence-corrected chi connectivity index (χ0v) is 13.7. The highest BCUT2D eigenvalue weighted by Crippen LogP contribution is 2.29. The molecule has 1 aromatic heterocycles. The first-order chi connectivity index (χ1) is 9.29. The van der Waals surface area contributed by atoms with Crippen LogP contribution in [0, 0.1) is 5.92 Å². The van der Waals surface area contributed by atoms with Gasteiger partial charge in [0.1, 0.15) is 0 Å². The summed E-state index contributed by atoms with van der Waals surface area (Å²) in [5.74, 6) is 0.275. The molecule has 0 aliphatic rings. The average molecular weight is 313 g/mol. The molecule has 2 aromatic rings. The Bertz CT molecular complexity index is 705. The minimum Gasteiger partial charge on any atom is -0.354 e. The zero-order chi connectivity index (χ0) is 14.9. The predicted molar refractivity (Wildman–Crippen MR) is 84.0 cm³/mol. The van der Waals surface area contributed by atoms with Crippen molar-refractivity contribution in [3.63, 3.8) is 0 Å². The number of nitrogens with zero attached hydrogens (tertiary/aromatic N) is 2. The number of rotatable bonds is 5. The van der Waals surface area contributed by atoms with Crippen LogP contribution >= 0.6 is 11.3 Å². The Hall–Kier alpha value is -1.18. The standard InChI is InChI=1S/C13H19N3O2S2/c1-9(2)8-14-20(17,18)10-5-6-11-12(7-10)19-13(15-11)16(3)4/h5-7,9,14H,8H2,1-4H3. The molecule has 0 unspecified atom stereocenters. The average Bonchev–Trinajstić information content (AvgIpc) is 2.79. The van der Waals surface area contributed by atoms with Crippen LogP contribution in [0.5, 0.6) is 0 Å². The minimum absolute atomic E-state index is 0.275. The lowest BCUT2D eigenvalue weighted by Gasteiger charge is -2.08. The molecule has 2 rings (SSSR count). The summed E-state index contributed by atoms with van der Waals surface area (Å²) in [5.41, 5.74) is 0.821. The van der Waals surface area contributed by atoms with Gasteiger partial charge in [-0.25, -0.2) is 18.1 Å². The molecule has 0 atom stereocenters. The molecule has 7 heteroatoms. The number of sulfonamides is 1. The lowest BCUT2D eigenvalue weighted by Crippen LogP contribution is -2.27. The van der Waals surface area contributed by atoms with Gasteiger partial charge in [0.2, 0.25) is 10.0 Å². The molecule has 1 aromatic carbocycles. The van der Waals surface area contributed by atoms with E-state index < -0.39 is 10.0 Å². The van der Waals surface area contributed by atoms with Crippen LogP contribution in [0.1, 0.15) is 13.8 Å². The quantitative estimate of drug-likeness (QED) is 0.920. The van der Waals surface area contributed by atoms with E-state index in [1.165, 1.54) is 11.3 Å². The van der Waals surface area contributed by atoms with E-state index in [1.54, 1.807) is 18.2 Å². The zero-order valence-electron chi connectivity index (χ0n) is 12.0. The van der Waals surface area contributed by atoms with Crippen molar-refractivity contribution in [1.29, 1.82) is 0 Å². The van der Waals surface area contributed by atoms with Gasteiger partial charge in [-0.05, 0) is 24.1 Å². The van der Waals surface area contributed by atoms with Crippen molar-refractivity contribution >= 4 is 36.7 Å². The van der Waals surface area contributed by atoms with E-state index >= 15 is 0 Å². The number of hydrogen-bond donors (Lipinski definition) is 1. The SMILES string of the molecule is CC(C)CNS(=O)(=O)c1ccc2nc(N(C)C)sc2c1. The van der Waals surface area contributed by atoms with E-state index in [0.29, 0.717) is 11.4 Å². The molecule has 110 valence electrons. The van der Waals surface area contributed by atoms with Crippen molar-refractivity contribution in [1.82, 2.24) is 9.71 Å². The second-order valence-corrected chi connectivity index (χ2v) is 8.04. The fourth-order valence-electron chi connectivity index (χ4n) is 1.61. The van der Waals surface area contributed by atoms with Crippen LogP contribution in [-0.4, -0.2) is 34.0 Å². The monoisotopic (exact) mass is 313 g/mol. The van der Waals surface area contributed by atoms with E-state index in [0.717, 1.165) is 15.3 Å². The summed E-state index contributed by atoms with van der Waals surface area (Å²) in [5, 5.41) is 0.865. The maximum Gasteiger partial charge on any atom is 0.240 e. The number of nitrogens with one attached hydrogen (secondary N) is 1. The second-order valence-electron chi connectivity index (χ2n) is 5.27. The Labute approximate surface area is 123 Å². The molecular weight excluding hydrogens is 294 g/mol. The van der Waals surface area contributed by atoms with Gasteiger partial charge in [-0.1, -0.05) is 25.2 Å². The Morgan fingerprint density at radius 2 is 2.05 bits per heavy atom. The van der Waals surface area contributed by atoms with Crippen LogP contribution in [0.2, 0.25) is 0 Å². The smallest absolute Gasteiger partial charge is 0.240 e. The van der Waals surface area contributed by atoms with Crippen molar-refractivity contribution in [2.24, 2.45) is 5.92 Å². The highest BCUT2D eigenvalue weighted by Gasteiger charge is 2.16. The lowest BCUT2D eigenvalue weighted by atomic mass is 10.2. The molecule has 1 N–H and O–H groups in total. The van der Waals surface area contributed by atoms with E-state index in [2.05, 4.69) is 9.71 Å². The molecule has 0 radical (unpaired) electrons. The van der Waals surface area contributed by atoms with Gasteiger partial charge in [-0.3, -0.25) is 0 Å². The van der Waals surface area contributed by atoms with Crippen molar-refractivity contribution in [3.8, 4) is 0 Å². The van der Waals surface area contributed by atoms with Gasteiger partial charge >= 0.3 is 0 Å². The minimum atomic E-state index is -3.44. The summed E-state index contributed by atoms with van der Waals surface area (Å²) in [6.07, 6.45) is 0. The predicted octanol–water partition coefficient (Wildman–Crippen LogP) is 2.30. The second kappa shape index (κ2) is 5.67. The van der Waals surface area contributed by atoms with Gasteiger partial charge in [0, 0.05) is 20.6 Å². The van der Waals surface area contributed by atoms with Gasteiger partial charge in [-0.15, -0.1) is 0 Å².